The van der Waals surface area contributed by atoms with Gasteiger partial charge in [-0.2, -0.15) is 5.10 Å². The monoisotopic (exact) mass is 304 g/mol. The van der Waals surface area contributed by atoms with E-state index in [1.54, 1.807) is 6.21 Å². The molecule has 1 aliphatic rings. The Labute approximate surface area is 132 Å². The highest BCUT2D eigenvalue weighted by Gasteiger charge is 2.35. The zero-order chi connectivity index (χ0) is 15.6. The zero-order valence-electron chi connectivity index (χ0n) is 13.2. The van der Waals surface area contributed by atoms with Gasteiger partial charge in [0.05, 0.1) is 6.21 Å². The highest BCUT2D eigenvalue weighted by atomic mass is 32.1. The zero-order valence-corrected chi connectivity index (χ0v) is 14.0. The van der Waals surface area contributed by atoms with Gasteiger partial charge in [-0.05, 0) is 68.6 Å². The van der Waals surface area contributed by atoms with E-state index in [0.717, 1.165) is 18.5 Å². The van der Waals surface area contributed by atoms with Gasteiger partial charge in [-0.15, -0.1) is 0 Å². The average molecular weight is 304 g/mol. The van der Waals surface area contributed by atoms with Crippen LogP contribution in [0.5, 0.6) is 0 Å². The molecule has 4 nitrogen and oxygen atoms in total. The number of hydrazone groups is 1. The third-order valence-electron chi connectivity index (χ3n) is 4.11. The normalized spacial score (nSPS) is 20.4. The van der Waals surface area contributed by atoms with E-state index in [2.05, 4.69) is 61.3 Å². The van der Waals surface area contributed by atoms with Gasteiger partial charge in [0.1, 0.15) is 0 Å². The molecule has 5 heteroatoms. The maximum absolute atomic E-state index is 5.36. The Bertz CT molecular complexity index is 565. The smallest absolute Gasteiger partial charge is 0.184 e. The Morgan fingerprint density at radius 2 is 2.29 bits per heavy atom. The fourth-order valence-electron chi connectivity index (χ4n) is 3.36. The maximum atomic E-state index is 5.36. The molecule has 0 fully saturated rings. The quantitative estimate of drug-likeness (QED) is 0.512. The van der Waals surface area contributed by atoms with Crippen LogP contribution in [0.25, 0.3) is 0 Å². The predicted molar refractivity (Wildman–Crippen MR) is 94.1 cm³/mol. The average Bonchev–Trinajstić information content (AvgIpc) is 2.38. The fourth-order valence-corrected chi connectivity index (χ4v) is 3.41. The van der Waals surface area contributed by atoms with E-state index in [9.17, 15) is 0 Å². The second-order valence-electron chi connectivity index (χ2n) is 6.21. The van der Waals surface area contributed by atoms with Crippen molar-refractivity contribution in [2.75, 3.05) is 11.4 Å². The number of nitrogens with zero attached hydrogens (tertiary/aromatic N) is 2. The van der Waals surface area contributed by atoms with E-state index in [-0.39, 0.29) is 10.7 Å². The lowest BCUT2D eigenvalue weighted by Gasteiger charge is -2.47. The van der Waals surface area contributed by atoms with Crippen LogP contribution in [0, 0.1) is 0 Å². The van der Waals surface area contributed by atoms with E-state index in [1.165, 1.54) is 11.3 Å². The first-order chi connectivity index (χ1) is 9.85. The van der Waals surface area contributed by atoms with Crippen LogP contribution >= 0.6 is 12.2 Å². The van der Waals surface area contributed by atoms with Crippen molar-refractivity contribution in [2.24, 2.45) is 10.8 Å². The van der Waals surface area contributed by atoms with Crippen LogP contribution in [-0.4, -0.2) is 23.4 Å². The summed E-state index contributed by atoms with van der Waals surface area (Å²) in [6.45, 7) is 10.2. The lowest BCUT2D eigenvalue weighted by molar-refractivity contribution is 0.381. The standard InChI is InChI=1S/C16H24N4S/c1-5-20-14-7-6-12(10-18-19-15(17)21)8-13(14)11(2)9-16(20,3)4/h6-8,10-11H,5,9H2,1-4H3,(H3,17,19,21)/b18-10-. The van der Waals surface area contributed by atoms with Gasteiger partial charge in [-0.3, -0.25) is 5.43 Å². The van der Waals surface area contributed by atoms with Crippen molar-refractivity contribution in [3.63, 3.8) is 0 Å². The van der Waals surface area contributed by atoms with Crippen molar-refractivity contribution >= 4 is 29.2 Å². The van der Waals surface area contributed by atoms with Crippen molar-refractivity contribution < 1.29 is 0 Å². The maximum Gasteiger partial charge on any atom is 0.184 e. The van der Waals surface area contributed by atoms with Gasteiger partial charge in [0.25, 0.3) is 0 Å². The minimum absolute atomic E-state index is 0.177. The number of benzene rings is 1. The summed E-state index contributed by atoms with van der Waals surface area (Å²) >= 11 is 4.73. The highest BCUT2D eigenvalue weighted by molar-refractivity contribution is 7.80. The van der Waals surface area contributed by atoms with Gasteiger partial charge < -0.3 is 10.6 Å². The van der Waals surface area contributed by atoms with Crippen LogP contribution in [0.2, 0.25) is 0 Å². The Kier molecular flexibility index (Phi) is 4.52. The summed E-state index contributed by atoms with van der Waals surface area (Å²) in [7, 11) is 0. The number of rotatable bonds is 3. The first-order valence-electron chi connectivity index (χ1n) is 7.35. The molecule has 0 aromatic heterocycles. The molecular formula is C16H24N4S. The van der Waals surface area contributed by atoms with E-state index in [1.807, 2.05) is 0 Å². The molecule has 0 saturated heterocycles. The summed E-state index contributed by atoms with van der Waals surface area (Å²) in [6.07, 6.45) is 2.90. The molecule has 1 aromatic carbocycles. The lowest BCUT2D eigenvalue weighted by Crippen LogP contribution is -2.48. The molecule has 0 aliphatic carbocycles. The Morgan fingerprint density at radius 3 is 2.90 bits per heavy atom. The molecule has 1 unspecified atom stereocenters. The third-order valence-corrected chi connectivity index (χ3v) is 4.21. The first kappa shape index (κ1) is 15.8. The number of thiocarbonyl (C=S) groups is 1. The summed E-state index contributed by atoms with van der Waals surface area (Å²) in [5.41, 5.74) is 11.9. The number of fused-ring (bicyclic) bond motifs is 1. The van der Waals surface area contributed by atoms with Crippen molar-refractivity contribution in [3.05, 3.63) is 29.3 Å². The number of anilines is 1. The van der Waals surface area contributed by atoms with E-state index in [0.29, 0.717) is 5.92 Å². The van der Waals surface area contributed by atoms with Gasteiger partial charge in [0.15, 0.2) is 5.11 Å². The molecule has 0 saturated carbocycles. The molecule has 2 rings (SSSR count). The minimum Gasteiger partial charge on any atom is -0.375 e. The van der Waals surface area contributed by atoms with Crippen molar-refractivity contribution in [1.82, 2.24) is 5.43 Å². The molecular weight excluding hydrogens is 280 g/mol. The largest absolute Gasteiger partial charge is 0.375 e. The van der Waals surface area contributed by atoms with Crippen molar-refractivity contribution in [2.45, 2.75) is 45.6 Å². The van der Waals surface area contributed by atoms with E-state index in [4.69, 9.17) is 18.0 Å². The number of hydrogen-bond donors (Lipinski definition) is 2. The van der Waals surface area contributed by atoms with Gasteiger partial charge >= 0.3 is 0 Å². The van der Waals surface area contributed by atoms with Gasteiger partial charge in [-0.25, -0.2) is 0 Å². The lowest BCUT2D eigenvalue weighted by atomic mass is 9.79. The van der Waals surface area contributed by atoms with Crippen LogP contribution in [0.1, 0.15) is 51.2 Å². The summed E-state index contributed by atoms with van der Waals surface area (Å²) in [4.78, 5) is 2.48. The Morgan fingerprint density at radius 1 is 1.57 bits per heavy atom. The van der Waals surface area contributed by atoms with Gasteiger partial charge in [-0.1, -0.05) is 13.0 Å². The topological polar surface area (TPSA) is 53.6 Å². The number of nitrogens with two attached hydrogens (primary N) is 1. The molecule has 0 bridgehead atoms. The SMILES string of the molecule is CCN1c2ccc(/C=N\NC(N)=S)cc2C(C)CC1(C)C. The van der Waals surface area contributed by atoms with Crippen LogP contribution in [0.3, 0.4) is 0 Å². The molecule has 1 aliphatic heterocycles. The van der Waals surface area contributed by atoms with Gasteiger partial charge in [0, 0.05) is 17.8 Å². The van der Waals surface area contributed by atoms with E-state index < -0.39 is 0 Å². The summed E-state index contributed by atoms with van der Waals surface area (Å²) in [5.74, 6) is 0.537. The van der Waals surface area contributed by atoms with Crippen molar-refractivity contribution in [1.29, 1.82) is 0 Å². The van der Waals surface area contributed by atoms with Crippen LogP contribution in [-0.2, 0) is 0 Å². The minimum atomic E-state index is 0.177. The molecule has 114 valence electrons. The first-order valence-corrected chi connectivity index (χ1v) is 7.76. The molecule has 0 amide bonds. The third kappa shape index (κ3) is 3.35. The molecule has 0 radical (unpaired) electrons. The summed E-state index contributed by atoms with van der Waals surface area (Å²) in [6, 6.07) is 6.49. The van der Waals surface area contributed by atoms with Crippen LogP contribution in [0.4, 0.5) is 5.69 Å². The molecule has 1 aromatic rings. The Hall–Kier alpha value is -1.62. The molecule has 21 heavy (non-hydrogen) atoms. The second-order valence-corrected chi connectivity index (χ2v) is 6.65. The summed E-state index contributed by atoms with van der Waals surface area (Å²) < 4.78 is 0. The van der Waals surface area contributed by atoms with Gasteiger partial charge in [0.2, 0.25) is 0 Å². The van der Waals surface area contributed by atoms with Crippen molar-refractivity contribution in [3.8, 4) is 0 Å². The number of nitrogens with one attached hydrogen (secondary N) is 1. The summed E-state index contributed by atoms with van der Waals surface area (Å²) in [5, 5.41) is 4.21. The fraction of sp³-hybridized carbons (Fsp3) is 0.500. The predicted octanol–water partition coefficient (Wildman–Crippen LogP) is 2.97. The molecule has 1 atom stereocenters. The van der Waals surface area contributed by atoms with Crippen LogP contribution in [0.15, 0.2) is 23.3 Å². The highest BCUT2D eigenvalue weighted by Crippen LogP contribution is 2.43. The second kappa shape index (κ2) is 6.02. The molecule has 1 heterocycles. The van der Waals surface area contributed by atoms with E-state index >= 15 is 0 Å². The molecule has 0 spiro atoms. The molecule has 3 N–H and O–H groups in total. The Balaban J connectivity index is 2.33. The van der Waals surface area contributed by atoms with Crippen LogP contribution < -0.4 is 16.1 Å². The number of hydrogen-bond acceptors (Lipinski definition) is 3.